The summed E-state index contributed by atoms with van der Waals surface area (Å²) in [6, 6.07) is 0. The average Bonchev–Trinajstić information content (AvgIpc) is 3.18. The molecule has 0 atom stereocenters. The maximum Gasteiger partial charge on any atom is 0.225 e. The molecule has 1 saturated carbocycles. The van der Waals surface area contributed by atoms with Gasteiger partial charge in [0, 0.05) is 65.4 Å². The number of ether oxygens (including phenoxy) is 1. The van der Waals surface area contributed by atoms with Gasteiger partial charge in [0.2, 0.25) is 5.91 Å². The number of amides is 1. The van der Waals surface area contributed by atoms with E-state index in [4.69, 9.17) is 4.74 Å². The third-order valence-corrected chi connectivity index (χ3v) is 5.08. The quantitative estimate of drug-likeness (QED) is 0.378. The minimum Gasteiger partial charge on any atom is -0.380 e. The molecule has 144 valence electrons. The maximum absolute atomic E-state index is 12.5. The van der Waals surface area contributed by atoms with Gasteiger partial charge in [-0.25, -0.2) is 0 Å². The van der Waals surface area contributed by atoms with Crippen molar-refractivity contribution in [1.82, 2.24) is 20.4 Å². The van der Waals surface area contributed by atoms with E-state index in [9.17, 15) is 4.79 Å². The molecule has 0 radical (unpaired) electrons. The summed E-state index contributed by atoms with van der Waals surface area (Å²) in [6.45, 7) is 9.68. The third-order valence-electron chi connectivity index (χ3n) is 5.08. The van der Waals surface area contributed by atoms with Crippen molar-refractivity contribution in [1.29, 1.82) is 0 Å². The zero-order valence-corrected chi connectivity index (χ0v) is 15.9. The molecule has 25 heavy (non-hydrogen) atoms. The summed E-state index contributed by atoms with van der Waals surface area (Å²) in [6.07, 6.45) is 4.64. The van der Waals surface area contributed by atoms with Gasteiger partial charge >= 0.3 is 0 Å². The first-order valence-corrected chi connectivity index (χ1v) is 9.78. The number of carbonyl (C=O) groups is 1. The van der Waals surface area contributed by atoms with Crippen molar-refractivity contribution in [3.63, 3.8) is 0 Å². The number of hydrogen-bond acceptors (Lipinski definition) is 4. The number of carbonyl (C=O) groups excluding carboxylic acids is 1. The van der Waals surface area contributed by atoms with Gasteiger partial charge in [-0.3, -0.25) is 14.7 Å². The second-order valence-corrected chi connectivity index (χ2v) is 6.77. The smallest absolute Gasteiger partial charge is 0.225 e. The Labute approximate surface area is 152 Å². The van der Waals surface area contributed by atoms with Crippen LogP contribution in [0.4, 0.5) is 0 Å². The molecule has 1 amide bonds. The number of rotatable bonds is 8. The Morgan fingerprint density at radius 3 is 2.44 bits per heavy atom. The van der Waals surface area contributed by atoms with Crippen molar-refractivity contribution in [2.75, 3.05) is 66.1 Å². The van der Waals surface area contributed by atoms with Crippen molar-refractivity contribution in [2.24, 2.45) is 10.9 Å². The van der Waals surface area contributed by atoms with E-state index in [0.29, 0.717) is 18.4 Å². The molecule has 0 aromatic rings. The van der Waals surface area contributed by atoms with Gasteiger partial charge in [0.1, 0.15) is 0 Å². The van der Waals surface area contributed by atoms with Crippen LogP contribution in [-0.4, -0.2) is 87.7 Å². The van der Waals surface area contributed by atoms with Gasteiger partial charge in [-0.05, 0) is 19.8 Å². The van der Waals surface area contributed by atoms with E-state index in [1.165, 1.54) is 12.8 Å². The van der Waals surface area contributed by atoms with Crippen LogP contribution in [0.15, 0.2) is 4.99 Å². The van der Waals surface area contributed by atoms with Crippen LogP contribution in [0.1, 0.15) is 32.6 Å². The molecular weight excluding hydrogens is 318 g/mol. The Balaban J connectivity index is 1.57. The fourth-order valence-corrected chi connectivity index (χ4v) is 3.56. The van der Waals surface area contributed by atoms with Gasteiger partial charge in [0.25, 0.3) is 0 Å². The van der Waals surface area contributed by atoms with E-state index in [0.717, 1.165) is 71.2 Å². The van der Waals surface area contributed by atoms with Crippen LogP contribution >= 0.6 is 0 Å². The molecule has 2 fully saturated rings. The number of aliphatic imine (C=N–C) groups is 1. The Kier molecular flexibility index (Phi) is 9.04. The summed E-state index contributed by atoms with van der Waals surface area (Å²) >= 11 is 0. The molecular formula is C18H35N5O2. The second kappa shape index (κ2) is 11.3. The van der Waals surface area contributed by atoms with E-state index >= 15 is 0 Å². The second-order valence-electron chi connectivity index (χ2n) is 6.77. The third kappa shape index (κ3) is 6.82. The molecule has 1 heterocycles. The van der Waals surface area contributed by atoms with E-state index in [1.54, 1.807) is 7.05 Å². The normalized spacial score (nSPS) is 20.1. The van der Waals surface area contributed by atoms with E-state index in [-0.39, 0.29) is 0 Å². The average molecular weight is 354 g/mol. The Hall–Kier alpha value is -1.34. The SMILES string of the molecule is CCOCCNC(=NC)NCCN1CCN(C(=O)C2CCCC2)CC1. The number of piperazine rings is 1. The Morgan fingerprint density at radius 2 is 1.80 bits per heavy atom. The van der Waals surface area contributed by atoms with Crippen molar-refractivity contribution < 1.29 is 9.53 Å². The molecule has 2 aliphatic rings. The molecule has 1 aliphatic carbocycles. The highest BCUT2D eigenvalue weighted by Gasteiger charge is 2.29. The van der Waals surface area contributed by atoms with E-state index in [2.05, 4.69) is 25.4 Å². The lowest BCUT2D eigenvalue weighted by Gasteiger charge is -2.36. The molecule has 0 aromatic carbocycles. The molecule has 0 unspecified atom stereocenters. The number of nitrogens with one attached hydrogen (secondary N) is 2. The van der Waals surface area contributed by atoms with Crippen LogP contribution in [0.25, 0.3) is 0 Å². The highest BCUT2D eigenvalue weighted by Crippen LogP contribution is 2.26. The summed E-state index contributed by atoms with van der Waals surface area (Å²) < 4.78 is 5.31. The van der Waals surface area contributed by atoms with Crippen molar-refractivity contribution in [3.8, 4) is 0 Å². The van der Waals surface area contributed by atoms with Gasteiger partial charge in [0.15, 0.2) is 5.96 Å². The van der Waals surface area contributed by atoms with Crippen molar-refractivity contribution in [2.45, 2.75) is 32.6 Å². The minimum absolute atomic E-state index is 0.305. The topological polar surface area (TPSA) is 69.2 Å². The van der Waals surface area contributed by atoms with Crippen LogP contribution < -0.4 is 10.6 Å². The monoisotopic (exact) mass is 353 g/mol. The lowest BCUT2D eigenvalue weighted by atomic mass is 10.1. The first-order chi connectivity index (χ1) is 12.2. The largest absolute Gasteiger partial charge is 0.380 e. The standard InChI is InChI=1S/C18H35N5O2/c1-3-25-15-9-21-18(19-2)20-8-10-22-11-13-23(14-12-22)17(24)16-6-4-5-7-16/h16H,3-15H2,1-2H3,(H2,19,20,21). The van der Waals surface area contributed by atoms with Crippen molar-refractivity contribution in [3.05, 3.63) is 0 Å². The van der Waals surface area contributed by atoms with E-state index in [1.807, 2.05) is 6.92 Å². The highest BCUT2D eigenvalue weighted by molar-refractivity contribution is 5.79. The van der Waals surface area contributed by atoms with Gasteiger partial charge < -0.3 is 20.3 Å². The predicted octanol–water partition coefficient (Wildman–Crippen LogP) is 0.522. The predicted molar refractivity (Wildman–Crippen MR) is 101 cm³/mol. The molecule has 2 N–H and O–H groups in total. The zero-order valence-electron chi connectivity index (χ0n) is 15.9. The number of guanidine groups is 1. The van der Waals surface area contributed by atoms with Gasteiger partial charge in [-0.15, -0.1) is 0 Å². The lowest BCUT2D eigenvalue weighted by molar-refractivity contribution is -0.137. The van der Waals surface area contributed by atoms with Gasteiger partial charge in [-0.1, -0.05) is 12.8 Å². The fraction of sp³-hybridized carbons (Fsp3) is 0.889. The number of hydrogen-bond donors (Lipinski definition) is 2. The molecule has 0 bridgehead atoms. The van der Waals surface area contributed by atoms with Gasteiger partial charge in [-0.2, -0.15) is 0 Å². The Bertz CT molecular complexity index is 416. The fourth-order valence-electron chi connectivity index (χ4n) is 3.56. The summed E-state index contributed by atoms with van der Waals surface area (Å²) in [5.41, 5.74) is 0. The first kappa shape index (κ1) is 20.0. The van der Waals surface area contributed by atoms with Crippen LogP contribution in [0.2, 0.25) is 0 Å². The summed E-state index contributed by atoms with van der Waals surface area (Å²) in [5, 5.41) is 6.57. The zero-order chi connectivity index (χ0) is 17.9. The molecule has 7 heteroatoms. The highest BCUT2D eigenvalue weighted by atomic mass is 16.5. The van der Waals surface area contributed by atoms with E-state index < -0.39 is 0 Å². The van der Waals surface area contributed by atoms with Crippen LogP contribution in [-0.2, 0) is 9.53 Å². The van der Waals surface area contributed by atoms with Gasteiger partial charge in [0.05, 0.1) is 6.61 Å². The molecule has 7 nitrogen and oxygen atoms in total. The van der Waals surface area contributed by atoms with Crippen molar-refractivity contribution >= 4 is 11.9 Å². The van der Waals surface area contributed by atoms with Crippen LogP contribution in [0, 0.1) is 5.92 Å². The number of nitrogens with zero attached hydrogens (tertiary/aromatic N) is 3. The molecule has 1 saturated heterocycles. The molecule has 0 aromatic heterocycles. The summed E-state index contributed by atoms with van der Waals surface area (Å²) in [4.78, 5) is 21.2. The minimum atomic E-state index is 0.305. The lowest BCUT2D eigenvalue weighted by Crippen LogP contribution is -2.52. The molecule has 2 rings (SSSR count). The summed E-state index contributed by atoms with van der Waals surface area (Å²) in [5.74, 6) is 1.52. The van der Waals surface area contributed by atoms with Crippen LogP contribution in [0.5, 0.6) is 0 Å². The molecule has 0 spiro atoms. The first-order valence-electron chi connectivity index (χ1n) is 9.78. The van der Waals surface area contributed by atoms with Crippen LogP contribution in [0.3, 0.4) is 0 Å². The maximum atomic E-state index is 12.5. The molecule has 1 aliphatic heterocycles. The Morgan fingerprint density at radius 1 is 1.12 bits per heavy atom. The summed E-state index contributed by atoms with van der Waals surface area (Å²) in [7, 11) is 1.78.